The molecule has 0 aromatic carbocycles. The van der Waals surface area contributed by atoms with Crippen molar-refractivity contribution in [1.82, 2.24) is 10.2 Å². The van der Waals surface area contributed by atoms with E-state index in [0.717, 1.165) is 25.9 Å². The van der Waals surface area contributed by atoms with Gasteiger partial charge in [-0.1, -0.05) is 25.9 Å². The maximum absolute atomic E-state index is 11.9. The second-order valence-corrected chi connectivity index (χ2v) is 5.70. The van der Waals surface area contributed by atoms with Gasteiger partial charge in [-0.15, -0.1) is 0 Å². The maximum Gasteiger partial charge on any atom is 0.317 e. The van der Waals surface area contributed by atoms with Crippen LogP contribution in [0, 0.1) is 11.3 Å². The third kappa shape index (κ3) is 3.78. The van der Waals surface area contributed by atoms with Crippen LogP contribution in [0.25, 0.3) is 0 Å². The normalized spacial score (nSPS) is 18.8. The summed E-state index contributed by atoms with van der Waals surface area (Å²) in [5, 5.41) is 14.5. The Morgan fingerprint density at radius 2 is 2.06 bits per heavy atom. The fraction of sp³-hybridized carbons (Fsp3) is 0.833. The molecule has 0 unspecified atom stereocenters. The molecule has 4 N–H and O–H groups in total. The molecule has 1 aliphatic heterocycles. The van der Waals surface area contributed by atoms with E-state index in [1.165, 1.54) is 0 Å². The molecule has 1 aliphatic rings. The standard InChI is InChI=1S/C12H24N4O2/c1-9-4-6-16(7-5-9)11(17)14-8-12(2,3)10(13)15-18/h9,18H,4-8H2,1-3H3,(H2,13,15)(H,14,17). The maximum atomic E-state index is 11.9. The first-order valence-corrected chi connectivity index (χ1v) is 6.37. The highest BCUT2D eigenvalue weighted by Crippen LogP contribution is 2.17. The summed E-state index contributed by atoms with van der Waals surface area (Å²) in [6.07, 6.45) is 2.11. The van der Waals surface area contributed by atoms with Crippen LogP contribution in [0.1, 0.15) is 33.6 Å². The van der Waals surface area contributed by atoms with Crippen molar-refractivity contribution in [1.29, 1.82) is 0 Å². The average Bonchev–Trinajstić information content (AvgIpc) is 2.35. The van der Waals surface area contributed by atoms with Gasteiger partial charge in [-0.2, -0.15) is 0 Å². The number of amidine groups is 1. The van der Waals surface area contributed by atoms with E-state index in [-0.39, 0.29) is 11.9 Å². The van der Waals surface area contributed by atoms with Crippen LogP contribution < -0.4 is 11.1 Å². The van der Waals surface area contributed by atoms with Gasteiger partial charge >= 0.3 is 6.03 Å². The lowest BCUT2D eigenvalue weighted by Gasteiger charge is -2.32. The van der Waals surface area contributed by atoms with Gasteiger partial charge in [-0.25, -0.2) is 4.79 Å². The number of oxime groups is 1. The summed E-state index contributed by atoms with van der Waals surface area (Å²) in [6, 6.07) is -0.0688. The number of rotatable bonds is 3. The summed E-state index contributed by atoms with van der Waals surface area (Å²) >= 11 is 0. The fourth-order valence-electron chi connectivity index (χ4n) is 1.85. The summed E-state index contributed by atoms with van der Waals surface area (Å²) in [5.74, 6) is 0.817. The molecule has 6 heteroatoms. The molecule has 0 radical (unpaired) electrons. The summed E-state index contributed by atoms with van der Waals surface area (Å²) in [6.45, 7) is 7.81. The Balaban J connectivity index is 2.42. The summed E-state index contributed by atoms with van der Waals surface area (Å²) < 4.78 is 0. The van der Waals surface area contributed by atoms with Gasteiger partial charge in [0, 0.05) is 25.0 Å². The van der Waals surface area contributed by atoms with Crippen LogP contribution >= 0.6 is 0 Å². The number of hydrogen-bond acceptors (Lipinski definition) is 3. The first-order valence-electron chi connectivity index (χ1n) is 6.37. The van der Waals surface area contributed by atoms with Crippen molar-refractivity contribution in [3.05, 3.63) is 0 Å². The smallest absolute Gasteiger partial charge is 0.317 e. The van der Waals surface area contributed by atoms with Crippen LogP contribution in [0.15, 0.2) is 5.16 Å². The number of hydrogen-bond donors (Lipinski definition) is 3. The number of urea groups is 1. The molecule has 1 fully saturated rings. The molecule has 0 aromatic rings. The predicted octanol–water partition coefficient (Wildman–Crippen LogP) is 1.20. The zero-order chi connectivity index (χ0) is 13.8. The van der Waals surface area contributed by atoms with Gasteiger partial charge in [0.1, 0.15) is 5.84 Å². The van der Waals surface area contributed by atoms with Crippen molar-refractivity contribution in [2.75, 3.05) is 19.6 Å². The number of carbonyl (C=O) groups excluding carboxylic acids is 1. The number of amides is 2. The zero-order valence-electron chi connectivity index (χ0n) is 11.4. The highest BCUT2D eigenvalue weighted by Gasteiger charge is 2.26. The van der Waals surface area contributed by atoms with E-state index in [9.17, 15) is 4.79 Å². The van der Waals surface area contributed by atoms with Crippen LogP contribution in [0.2, 0.25) is 0 Å². The SMILES string of the molecule is CC1CCN(C(=O)NCC(C)(C)C(N)=NO)CC1. The van der Waals surface area contributed by atoms with Gasteiger partial charge < -0.3 is 21.2 Å². The first kappa shape index (κ1) is 14.6. The molecule has 0 atom stereocenters. The molecule has 0 saturated carbocycles. The molecule has 0 aliphatic carbocycles. The minimum atomic E-state index is -0.548. The molecule has 104 valence electrons. The van der Waals surface area contributed by atoms with Crippen LogP contribution in [0.3, 0.4) is 0 Å². The summed E-state index contributed by atoms with van der Waals surface area (Å²) in [7, 11) is 0. The van der Waals surface area contributed by atoms with E-state index in [0.29, 0.717) is 12.5 Å². The van der Waals surface area contributed by atoms with E-state index in [1.807, 2.05) is 18.7 Å². The lowest BCUT2D eigenvalue weighted by atomic mass is 9.92. The minimum Gasteiger partial charge on any atom is -0.409 e. The molecule has 1 heterocycles. The van der Waals surface area contributed by atoms with Crippen molar-refractivity contribution in [2.45, 2.75) is 33.6 Å². The Morgan fingerprint density at radius 1 is 1.50 bits per heavy atom. The van der Waals surface area contributed by atoms with Crippen LogP contribution in [0.4, 0.5) is 4.79 Å². The summed E-state index contributed by atoms with van der Waals surface area (Å²) in [5.41, 5.74) is 5.02. The van der Waals surface area contributed by atoms with E-state index >= 15 is 0 Å². The highest BCUT2D eigenvalue weighted by atomic mass is 16.4. The molecule has 1 saturated heterocycles. The van der Waals surface area contributed by atoms with Crippen LogP contribution in [-0.2, 0) is 0 Å². The largest absolute Gasteiger partial charge is 0.409 e. The van der Waals surface area contributed by atoms with Crippen molar-refractivity contribution in [3.63, 3.8) is 0 Å². The predicted molar refractivity (Wildman–Crippen MR) is 70.6 cm³/mol. The van der Waals surface area contributed by atoms with Crippen LogP contribution in [-0.4, -0.2) is 41.6 Å². The van der Waals surface area contributed by atoms with Crippen molar-refractivity contribution in [2.24, 2.45) is 22.2 Å². The summed E-state index contributed by atoms with van der Waals surface area (Å²) in [4.78, 5) is 13.8. The van der Waals surface area contributed by atoms with Crippen molar-refractivity contribution in [3.8, 4) is 0 Å². The number of nitrogens with two attached hydrogens (primary N) is 1. The molecule has 18 heavy (non-hydrogen) atoms. The van der Waals surface area contributed by atoms with Crippen molar-refractivity contribution < 1.29 is 10.0 Å². The molecule has 6 nitrogen and oxygen atoms in total. The van der Waals surface area contributed by atoms with Crippen molar-refractivity contribution >= 4 is 11.9 Å². The Labute approximate surface area is 108 Å². The first-order chi connectivity index (χ1) is 8.36. The molecular formula is C12H24N4O2. The third-order valence-electron chi connectivity index (χ3n) is 3.55. The number of nitrogens with one attached hydrogen (secondary N) is 1. The minimum absolute atomic E-state index is 0.0688. The number of likely N-dealkylation sites (tertiary alicyclic amines) is 1. The fourth-order valence-corrected chi connectivity index (χ4v) is 1.85. The Kier molecular flexibility index (Phi) is 4.81. The average molecular weight is 256 g/mol. The van der Waals surface area contributed by atoms with Gasteiger partial charge in [0.05, 0.1) is 0 Å². The van der Waals surface area contributed by atoms with E-state index in [2.05, 4.69) is 17.4 Å². The van der Waals surface area contributed by atoms with Gasteiger partial charge in [-0.3, -0.25) is 0 Å². The number of nitrogens with zero attached hydrogens (tertiary/aromatic N) is 2. The topological polar surface area (TPSA) is 91.0 Å². The van der Waals surface area contributed by atoms with Gasteiger partial charge in [0.15, 0.2) is 0 Å². The number of carbonyl (C=O) groups is 1. The zero-order valence-corrected chi connectivity index (χ0v) is 11.4. The second kappa shape index (κ2) is 5.93. The van der Waals surface area contributed by atoms with Gasteiger partial charge in [-0.05, 0) is 18.8 Å². The lowest BCUT2D eigenvalue weighted by molar-refractivity contribution is 0.171. The quantitative estimate of drug-likeness (QED) is 0.307. The van der Waals surface area contributed by atoms with Gasteiger partial charge in [0.2, 0.25) is 0 Å². The van der Waals surface area contributed by atoms with Crippen LogP contribution in [0.5, 0.6) is 0 Å². The molecule has 2 amide bonds. The van der Waals surface area contributed by atoms with E-state index in [1.54, 1.807) is 0 Å². The highest BCUT2D eigenvalue weighted by molar-refractivity contribution is 5.86. The third-order valence-corrected chi connectivity index (χ3v) is 3.55. The Hall–Kier alpha value is -1.46. The molecule has 0 bridgehead atoms. The van der Waals surface area contributed by atoms with Gasteiger partial charge in [0.25, 0.3) is 0 Å². The van der Waals surface area contributed by atoms with E-state index in [4.69, 9.17) is 10.9 Å². The molecule has 0 spiro atoms. The Bertz CT molecular complexity index is 320. The lowest BCUT2D eigenvalue weighted by Crippen LogP contribution is -2.49. The molecule has 1 rings (SSSR count). The Morgan fingerprint density at radius 3 is 2.56 bits per heavy atom. The monoisotopic (exact) mass is 256 g/mol. The second-order valence-electron chi connectivity index (χ2n) is 5.70. The molecular weight excluding hydrogens is 232 g/mol. The molecule has 0 aromatic heterocycles. The number of piperidine rings is 1. The van der Waals surface area contributed by atoms with E-state index < -0.39 is 5.41 Å².